The van der Waals surface area contributed by atoms with Gasteiger partial charge in [-0.2, -0.15) is 0 Å². The molecule has 0 saturated carbocycles. The molecule has 7 nitrogen and oxygen atoms in total. The van der Waals surface area contributed by atoms with Gasteiger partial charge in [0.1, 0.15) is 5.82 Å². The number of amides is 1. The van der Waals surface area contributed by atoms with Crippen LogP contribution in [0.3, 0.4) is 0 Å². The monoisotopic (exact) mass is 354 g/mol. The molecule has 3 rings (SSSR count). The van der Waals surface area contributed by atoms with Gasteiger partial charge in [-0.15, -0.1) is 0 Å². The van der Waals surface area contributed by atoms with E-state index in [9.17, 15) is 4.79 Å². The Kier molecular flexibility index (Phi) is 5.46. The zero-order chi connectivity index (χ0) is 18.7. The summed E-state index contributed by atoms with van der Waals surface area (Å²) >= 11 is 0. The van der Waals surface area contributed by atoms with E-state index < -0.39 is 0 Å². The highest BCUT2D eigenvalue weighted by Crippen LogP contribution is 2.25. The predicted molar refractivity (Wildman–Crippen MR) is 102 cm³/mol. The number of carbonyl (C=O) groups is 1. The molecule has 0 radical (unpaired) electrons. The van der Waals surface area contributed by atoms with Gasteiger partial charge in [0.2, 0.25) is 5.91 Å². The lowest BCUT2D eigenvalue weighted by molar-refractivity contribution is -0.132. The van der Waals surface area contributed by atoms with Gasteiger partial charge in [0.15, 0.2) is 5.82 Å². The molecule has 2 aromatic rings. The van der Waals surface area contributed by atoms with Crippen LogP contribution in [-0.2, 0) is 4.79 Å². The van der Waals surface area contributed by atoms with Crippen molar-refractivity contribution in [3.8, 4) is 11.4 Å². The number of anilines is 1. The van der Waals surface area contributed by atoms with Crippen molar-refractivity contribution in [1.29, 1.82) is 0 Å². The first-order valence-corrected chi connectivity index (χ1v) is 8.89. The summed E-state index contributed by atoms with van der Waals surface area (Å²) in [5.41, 5.74) is 2.97. The molecule has 0 atom stereocenters. The van der Waals surface area contributed by atoms with E-state index in [0.29, 0.717) is 12.4 Å². The number of rotatable bonds is 4. The summed E-state index contributed by atoms with van der Waals surface area (Å²) in [4.78, 5) is 31.9. The Labute approximate surface area is 154 Å². The van der Waals surface area contributed by atoms with Crippen molar-refractivity contribution in [2.45, 2.75) is 13.8 Å². The van der Waals surface area contributed by atoms with Crippen LogP contribution in [0, 0.1) is 13.8 Å². The van der Waals surface area contributed by atoms with Gasteiger partial charge in [0.05, 0.1) is 6.54 Å². The van der Waals surface area contributed by atoms with E-state index in [4.69, 9.17) is 4.98 Å². The maximum Gasteiger partial charge on any atom is 0.236 e. The topological polar surface area (TPSA) is 65.5 Å². The zero-order valence-corrected chi connectivity index (χ0v) is 15.9. The van der Waals surface area contributed by atoms with Crippen molar-refractivity contribution < 1.29 is 4.79 Å². The average molecular weight is 354 g/mol. The van der Waals surface area contributed by atoms with Crippen molar-refractivity contribution >= 4 is 11.7 Å². The summed E-state index contributed by atoms with van der Waals surface area (Å²) in [6.45, 7) is 7.52. The molecule has 0 N–H and O–H groups in total. The van der Waals surface area contributed by atoms with E-state index in [1.165, 1.54) is 0 Å². The molecule has 1 fully saturated rings. The highest BCUT2D eigenvalue weighted by atomic mass is 16.2. The Morgan fingerprint density at radius 1 is 1.15 bits per heavy atom. The van der Waals surface area contributed by atoms with Crippen LogP contribution >= 0.6 is 0 Å². The lowest BCUT2D eigenvalue weighted by atomic mass is 10.2. The molecule has 138 valence electrons. The molecule has 0 unspecified atom stereocenters. The van der Waals surface area contributed by atoms with Gasteiger partial charge in [-0.3, -0.25) is 9.78 Å². The molecule has 1 aliphatic heterocycles. The second-order valence-corrected chi connectivity index (χ2v) is 6.93. The van der Waals surface area contributed by atoms with Gasteiger partial charge in [0, 0.05) is 55.4 Å². The molecule has 0 aromatic carbocycles. The SMILES string of the molecule is Cc1nc(-c2cccnc2)nc(N2CCN(C(=O)CN(C)C)CC2)c1C. The summed E-state index contributed by atoms with van der Waals surface area (Å²) in [7, 11) is 3.84. The Morgan fingerprint density at radius 2 is 1.88 bits per heavy atom. The molecule has 7 heteroatoms. The van der Waals surface area contributed by atoms with Crippen LogP contribution in [0.1, 0.15) is 11.3 Å². The lowest BCUT2D eigenvalue weighted by Crippen LogP contribution is -2.51. The summed E-state index contributed by atoms with van der Waals surface area (Å²) in [5.74, 6) is 1.83. The van der Waals surface area contributed by atoms with Crippen molar-refractivity contribution in [2.75, 3.05) is 51.7 Å². The van der Waals surface area contributed by atoms with E-state index >= 15 is 0 Å². The number of pyridine rings is 1. The standard InChI is InChI=1S/C19H26N6O/c1-14-15(2)21-18(16-6-5-7-20-12-16)22-19(14)25-10-8-24(9-11-25)17(26)13-23(3)4/h5-7,12H,8-11,13H2,1-4H3. The molecule has 0 spiro atoms. The number of piperazine rings is 1. The van der Waals surface area contributed by atoms with Crippen molar-refractivity contribution in [3.05, 3.63) is 35.8 Å². The minimum Gasteiger partial charge on any atom is -0.353 e. The van der Waals surface area contributed by atoms with Crippen molar-refractivity contribution in [3.63, 3.8) is 0 Å². The van der Waals surface area contributed by atoms with Crippen molar-refractivity contribution in [2.24, 2.45) is 0 Å². The Bertz CT molecular complexity index is 769. The van der Waals surface area contributed by atoms with Crippen LogP contribution in [0.2, 0.25) is 0 Å². The van der Waals surface area contributed by atoms with E-state index in [0.717, 1.165) is 48.8 Å². The van der Waals surface area contributed by atoms with Crippen LogP contribution in [0.5, 0.6) is 0 Å². The van der Waals surface area contributed by atoms with E-state index in [-0.39, 0.29) is 5.91 Å². The third-order valence-corrected chi connectivity index (χ3v) is 4.67. The minimum absolute atomic E-state index is 0.182. The number of aromatic nitrogens is 3. The normalized spacial score (nSPS) is 14.8. The average Bonchev–Trinajstić information content (AvgIpc) is 2.64. The van der Waals surface area contributed by atoms with E-state index in [2.05, 4.69) is 21.8 Å². The first-order valence-electron chi connectivity index (χ1n) is 8.89. The second kappa shape index (κ2) is 7.78. The van der Waals surface area contributed by atoms with Crippen LogP contribution in [-0.4, -0.2) is 77.5 Å². The van der Waals surface area contributed by atoms with Gasteiger partial charge >= 0.3 is 0 Å². The fourth-order valence-corrected chi connectivity index (χ4v) is 3.08. The summed E-state index contributed by atoms with van der Waals surface area (Å²) in [5, 5.41) is 0. The minimum atomic E-state index is 0.182. The van der Waals surface area contributed by atoms with Gasteiger partial charge in [0.25, 0.3) is 0 Å². The molecular formula is C19H26N6O. The third kappa shape index (κ3) is 3.99. The first kappa shape index (κ1) is 18.3. The highest BCUT2D eigenvalue weighted by Gasteiger charge is 2.24. The first-order chi connectivity index (χ1) is 12.5. The predicted octanol–water partition coefficient (Wildman–Crippen LogP) is 1.37. The maximum absolute atomic E-state index is 12.2. The highest BCUT2D eigenvalue weighted by molar-refractivity contribution is 5.78. The largest absolute Gasteiger partial charge is 0.353 e. The molecular weight excluding hydrogens is 328 g/mol. The molecule has 26 heavy (non-hydrogen) atoms. The quantitative estimate of drug-likeness (QED) is 0.826. The van der Waals surface area contributed by atoms with Gasteiger partial charge < -0.3 is 14.7 Å². The lowest BCUT2D eigenvalue weighted by Gasteiger charge is -2.36. The summed E-state index contributed by atoms with van der Waals surface area (Å²) in [6, 6.07) is 3.86. The Morgan fingerprint density at radius 3 is 2.50 bits per heavy atom. The van der Waals surface area contributed by atoms with E-state index in [1.54, 1.807) is 12.4 Å². The van der Waals surface area contributed by atoms with Crippen LogP contribution in [0.15, 0.2) is 24.5 Å². The number of aryl methyl sites for hydroxylation is 1. The fraction of sp³-hybridized carbons (Fsp3) is 0.474. The van der Waals surface area contributed by atoms with Crippen LogP contribution in [0.25, 0.3) is 11.4 Å². The van der Waals surface area contributed by atoms with Gasteiger partial charge in [-0.1, -0.05) is 0 Å². The molecule has 1 aliphatic rings. The molecule has 1 amide bonds. The van der Waals surface area contributed by atoms with Gasteiger partial charge in [-0.05, 0) is 40.1 Å². The molecule has 0 aliphatic carbocycles. The summed E-state index contributed by atoms with van der Waals surface area (Å²) < 4.78 is 0. The third-order valence-electron chi connectivity index (χ3n) is 4.67. The Balaban J connectivity index is 1.78. The Hall–Kier alpha value is -2.54. The summed E-state index contributed by atoms with van der Waals surface area (Å²) in [6.07, 6.45) is 3.53. The number of hydrogen-bond acceptors (Lipinski definition) is 6. The number of likely N-dealkylation sites (N-methyl/N-ethyl adjacent to an activating group) is 1. The van der Waals surface area contributed by atoms with Crippen molar-refractivity contribution in [1.82, 2.24) is 24.8 Å². The number of hydrogen-bond donors (Lipinski definition) is 0. The van der Waals surface area contributed by atoms with Crippen LogP contribution in [0.4, 0.5) is 5.82 Å². The molecule has 1 saturated heterocycles. The smallest absolute Gasteiger partial charge is 0.236 e. The number of nitrogens with zero attached hydrogens (tertiary/aromatic N) is 6. The van der Waals surface area contributed by atoms with Crippen LogP contribution < -0.4 is 4.90 Å². The molecule has 0 bridgehead atoms. The maximum atomic E-state index is 12.2. The van der Waals surface area contributed by atoms with Gasteiger partial charge in [-0.25, -0.2) is 9.97 Å². The second-order valence-electron chi connectivity index (χ2n) is 6.93. The molecule has 3 heterocycles. The molecule has 2 aromatic heterocycles. The van der Waals surface area contributed by atoms with E-state index in [1.807, 2.05) is 43.0 Å². The number of carbonyl (C=O) groups excluding carboxylic acids is 1. The zero-order valence-electron chi connectivity index (χ0n) is 15.9. The fourth-order valence-electron chi connectivity index (χ4n) is 3.08.